The van der Waals surface area contributed by atoms with Crippen LogP contribution in [-0.2, 0) is 20.7 Å². The van der Waals surface area contributed by atoms with E-state index in [1.54, 1.807) is 4.90 Å². The quantitative estimate of drug-likeness (QED) is 0.835. The van der Waals surface area contributed by atoms with Crippen molar-refractivity contribution in [2.75, 3.05) is 32.9 Å². The first-order valence-electron chi connectivity index (χ1n) is 7.64. The fraction of sp³-hybridized carbons (Fsp3) is 0.786. The van der Waals surface area contributed by atoms with Gasteiger partial charge in [0.2, 0.25) is 5.91 Å². The molecule has 21 heavy (non-hydrogen) atoms. The number of aryl methyl sites for hydroxylation is 1. The molecule has 1 saturated carbocycles. The van der Waals surface area contributed by atoms with E-state index in [4.69, 9.17) is 9.47 Å². The number of nitrogens with one attached hydrogen (secondary N) is 1. The minimum absolute atomic E-state index is 0.0233. The number of amides is 1. The zero-order valence-corrected chi connectivity index (χ0v) is 12.4. The summed E-state index contributed by atoms with van der Waals surface area (Å²) in [5.41, 5.74) is 0. The fourth-order valence-electron chi connectivity index (χ4n) is 2.33. The van der Waals surface area contributed by atoms with Gasteiger partial charge in [-0.3, -0.25) is 9.89 Å². The zero-order chi connectivity index (χ0) is 14.7. The van der Waals surface area contributed by atoms with Crippen LogP contribution in [0.1, 0.15) is 37.5 Å². The van der Waals surface area contributed by atoms with Gasteiger partial charge in [0.1, 0.15) is 18.5 Å². The summed E-state index contributed by atoms with van der Waals surface area (Å²) in [4.78, 5) is 18.3. The molecule has 1 aromatic heterocycles. The largest absolute Gasteiger partial charge is 0.371 e. The molecule has 2 fully saturated rings. The number of carbonyl (C=O) groups is 1. The molecule has 0 bridgehead atoms. The number of aromatic nitrogens is 3. The Labute approximate surface area is 124 Å². The number of ether oxygens (including phenoxy) is 2. The lowest BCUT2D eigenvalue weighted by atomic mass is 10.2. The molecular formula is C14H22N4O3. The lowest BCUT2D eigenvalue weighted by Crippen LogP contribution is -2.44. The molecule has 1 saturated heterocycles. The highest BCUT2D eigenvalue weighted by atomic mass is 16.5. The smallest absolute Gasteiger partial charge is 0.248 e. The van der Waals surface area contributed by atoms with E-state index in [1.807, 2.05) is 6.92 Å². The average molecular weight is 294 g/mol. The number of hydrogen-bond acceptors (Lipinski definition) is 5. The number of hydrogen-bond donors (Lipinski definition) is 1. The van der Waals surface area contributed by atoms with Crippen molar-refractivity contribution in [3.8, 4) is 0 Å². The number of H-pyrrole nitrogens is 1. The van der Waals surface area contributed by atoms with Gasteiger partial charge in [-0.15, -0.1) is 0 Å². The SMILES string of the molecule is CCc1nc(C2CN(C(=O)COCC3CC3)CCO2)n[nH]1. The number of rotatable bonds is 6. The predicted molar refractivity (Wildman–Crippen MR) is 74.6 cm³/mol. The lowest BCUT2D eigenvalue weighted by molar-refractivity contribution is -0.144. The third-order valence-corrected chi connectivity index (χ3v) is 3.87. The van der Waals surface area contributed by atoms with Gasteiger partial charge >= 0.3 is 0 Å². The van der Waals surface area contributed by atoms with E-state index in [9.17, 15) is 4.79 Å². The van der Waals surface area contributed by atoms with Crippen molar-refractivity contribution in [2.45, 2.75) is 32.3 Å². The van der Waals surface area contributed by atoms with Crippen LogP contribution in [0.3, 0.4) is 0 Å². The second-order valence-electron chi connectivity index (χ2n) is 5.65. The van der Waals surface area contributed by atoms with Gasteiger partial charge in [-0.25, -0.2) is 4.98 Å². The second-order valence-corrected chi connectivity index (χ2v) is 5.65. The highest BCUT2D eigenvalue weighted by Crippen LogP contribution is 2.28. The maximum Gasteiger partial charge on any atom is 0.248 e. The van der Waals surface area contributed by atoms with E-state index in [1.165, 1.54) is 12.8 Å². The molecule has 1 aromatic rings. The molecule has 7 heteroatoms. The van der Waals surface area contributed by atoms with Crippen molar-refractivity contribution >= 4 is 5.91 Å². The first-order chi connectivity index (χ1) is 10.3. The van der Waals surface area contributed by atoms with Crippen LogP contribution in [0.4, 0.5) is 0 Å². The Balaban J connectivity index is 1.50. The van der Waals surface area contributed by atoms with E-state index in [0.717, 1.165) is 12.2 Å². The van der Waals surface area contributed by atoms with E-state index < -0.39 is 0 Å². The zero-order valence-electron chi connectivity index (χ0n) is 12.4. The van der Waals surface area contributed by atoms with Crippen LogP contribution >= 0.6 is 0 Å². The summed E-state index contributed by atoms with van der Waals surface area (Å²) < 4.78 is 11.1. The van der Waals surface area contributed by atoms with Crippen LogP contribution < -0.4 is 0 Å². The average Bonchev–Trinajstić information content (AvgIpc) is 3.21. The monoisotopic (exact) mass is 294 g/mol. The van der Waals surface area contributed by atoms with Gasteiger partial charge in [-0.2, -0.15) is 5.10 Å². The van der Waals surface area contributed by atoms with Crippen molar-refractivity contribution in [1.29, 1.82) is 0 Å². The predicted octanol–water partition coefficient (Wildman–Crippen LogP) is 0.694. The molecule has 1 amide bonds. The molecule has 2 heterocycles. The minimum atomic E-state index is -0.248. The molecule has 2 aliphatic rings. The number of carbonyl (C=O) groups excluding carboxylic acids is 1. The molecule has 1 N–H and O–H groups in total. The normalized spacial score (nSPS) is 22.5. The van der Waals surface area contributed by atoms with Crippen LogP contribution in [0.25, 0.3) is 0 Å². The van der Waals surface area contributed by atoms with Crippen LogP contribution in [0.5, 0.6) is 0 Å². The lowest BCUT2D eigenvalue weighted by Gasteiger charge is -2.31. The maximum atomic E-state index is 12.1. The van der Waals surface area contributed by atoms with Gasteiger partial charge in [0.25, 0.3) is 0 Å². The summed E-state index contributed by atoms with van der Waals surface area (Å²) in [5, 5.41) is 7.05. The van der Waals surface area contributed by atoms with Crippen LogP contribution in [0, 0.1) is 5.92 Å². The van der Waals surface area contributed by atoms with Crippen LogP contribution in [-0.4, -0.2) is 58.9 Å². The van der Waals surface area contributed by atoms with Crippen molar-refractivity contribution < 1.29 is 14.3 Å². The van der Waals surface area contributed by atoms with Gasteiger partial charge in [0.05, 0.1) is 19.8 Å². The van der Waals surface area contributed by atoms with E-state index in [-0.39, 0.29) is 18.6 Å². The Bertz CT molecular complexity index is 486. The number of nitrogens with zero attached hydrogens (tertiary/aromatic N) is 3. The molecule has 3 rings (SSSR count). The Morgan fingerprint density at radius 1 is 1.52 bits per heavy atom. The molecule has 0 spiro atoms. The Morgan fingerprint density at radius 3 is 3.10 bits per heavy atom. The van der Waals surface area contributed by atoms with Crippen molar-refractivity contribution in [2.24, 2.45) is 5.92 Å². The summed E-state index contributed by atoms with van der Waals surface area (Å²) >= 11 is 0. The molecule has 0 aromatic carbocycles. The third kappa shape index (κ3) is 3.79. The van der Waals surface area contributed by atoms with Crippen molar-refractivity contribution in [3.63, 3.8) is 0 Å². The molecule has 7 nitrogen and oxygen atoms in total. The second kappa shape index (κ2) is 6.53. The van der Waals surface area contributed by atoms with Crippen molar-refractivity contribution in [3.05, 3.63) is 11.6 Å². The molecular weight excluding hydrogens is 272 g/mol. The van der Waals surface area contributed by atoms with Gasteiger partial charge in [-0.05, 0) is 18.8 Å². The summed E-state index contributed by atoms with van der Waals surface area (Å²) in [6, 6.07) is 0. The molecule has 0 radical (unpaired) electrons. The summed E-state index contributed by atoms with van der Waals surface area (Å²) in [7, 11) is 0. The third-order valence-electron chi connectivity index (χ3n) is 3.87. The highest BCUT2D eigenvalue weighted by Gasteiger charge is 2.28. The maximum absolute atomic E-state index is 12.1. The Kier molecular flexibility index (Phi) is 4.50. The minimum Gasteiger partial charge on any atom is -0.371 e. The van der Waals surface area contributed by atoms with Gasteiger partial charge in [-0.1, -0.05) is 6.92 Å². The Hall–Kier alpha value is -1.47. The highest BCUT2D eigenvalue weighted by molar-refractivity contribution is 5.77. The fourth-order valence-corrected chi connectivity index (χ4v) is 2.33. The topological polar surface area (TPSA) is 80.3 Å². The molecule has 1 unspecified atom stereocenters. The van der Waals surface area contributed by atoms with Crippen molar-refractivity contribution in [1.82, 2.24) is 20.1 Å². The molecule has 1 atom stereocenters. The standard InChI is InChI=1S/C14H22N4O3/c1-2-12-15-14(17-16-12)11-7-18(5-6-21-11)13(19)9-20-8-10-3-4-10/h10-11H,2-9H2,1H3,(H,15,16,17). The molecule has 1 aliphatic heterocycles. The van der Waals surface area contributed by atoms with E-state index in [0.29, 0.717) is 38.0 Å². The van der Waals surface area contributed by atoms with E-state index in [2.05, 4.69) is 15.2 Å². The van der Waals surface area contributed by atoms with Gasteiger partial charge in [0, 0.05) is 13.0 Å². The summed E-state index contributed by atoms with van der Waals surface area (Å²) in [6.07, 6.45) is 3.02. The van der Waals surface area contributed by atoms with Crippen LogP contribution in [0.15, 0.2) is 0 Å². The summed E-state index contributed by atoms with van der Waals surface area (Å²) in [5.74, 6) is 2.17. The summed E-state index contributed by atoms with van der Waals surface area (Å²) in [6.45, 7) is 4.49. The van der Waals surface area contributed by atoms with Gasteiger partial charge in [0.15, 0.2) is 5.82 Å². The molecule has 116 valence electrons. The number of morpholine rings is 1. The van der Waals surface area contributed by atoms with Gasteiger partial charge < -0.3 is 14.4 Å². The first-order valence-corrected chi connectivity index (χ1v) is 7.64. The van der Waals surface area contributed by atoms with E-state index >= 15 is 0 Å². The van der Waals surface area contributed by atoms with Crippen LogP contribution in [0.2, 0.25) is 0 Å². The Morgan fingerprint density at radius 2 is 2.38 bits per heavy atom. The number of aromatic amines is 1. The first kappa shape index (κ1) is 14.5. The molecule has 1 aliphatic carbocycles.